The van der Waals surface area contributed by atoms with Crippen molar-refractivity contribution in [1.29, 1.82) is 0 Å². The Labute approximate surface area is 141 Å². The lowest BCUT2D eigenvalue weighted by atomic mass is 9.75. The van der Waals surface area contributed by atoms with Crippen molar-refractivity contribution in [1.82, 2.24) is 0 Å². The molecule has 1 N–H and O–H groups in total. The van der Waals surface area contributed by atoms with Crippen LogP contribution in [0.5, 0.6) is 5.75 Å². The molecule has 0 aliphatic carbocycles. The first-order valence-corrected chi connectivity index (χ1v) is 8.14. The molecule has 2 aliphatic rings. The second-order valence-corrected chi connectivity index (χ2v) is 7.05. The number of methoxy groups -OCH3 is 1. The Morgan fingerprint density at radius 3 is 2.88 bits per heavy atom. The van der Waals surface area contributed by atoms with Crippen molar-refractivity contribution < 1.29 is 23.8 Å². The Kier molecular flexibility index (Phi) is 4.25. The maximum absolute atomic E-state index is 12.8. The summed E-state index contributed by atoms with van der Waals surface area (Å²) in [5.41, 5.74) is -0.556. The monoisotopic (exact) mass is 333 g/mol. The van der Waals surface area contributed by atoms with Gasteiger partial charge in [-0.1, -0.05) is 6.07 Å². The molecule has 2 aliphatic heterocycles. The summed E-state index contributed by atoms with van der Waals surface area (Å²) in [7, 11) is 1.57. The van der Waals surface area contributed by atoms with Crippen molar-refractivity contribution in [2.45, 2.75) is 44.3 Å². The lowest BCUT2D eigenvalue weighted by Gasteiger charge is -2.43. The van der Waals surface area contributed by atoms with E-state index in [0.717, 1.165) is 0 Å². The quantitative estimate of drug-likeness (QED) is 0.861. The number of benzene rings is 1. The van der Waals surface area contributed by atoms with Gasteiger partial charge < -0.3 is 19.5 Å². The minimum Gasteiger partial charge on any atom is -0.497 e. The summed E-state index contributed by atoms with van der Waals surface area (Å²) >= 11 is 0. The van der Waals surface area contributed by atoms with Crippen molar-refractivity contribution in [2.24, 2.45) is 5.92 Å². The van der Waals surface area contributed by atoms with Crippen LogP contribution in [-0.4, -0.2) is 36.8 Å². The molecule has 0 unspecified atom stereocenters. The maximum atomic E-state index is 12.8. The number of nitrogens with one attached hydrogen (secondary N) is 1. The summed E-state index contributed by atoms with van der Waals surface area (Å²) in [6, 6.07) is 7.15. The Morgan fingerprint density at radius 1 is 1.38 bits per heavy atom. The molecular formula is C18H23NO5. The Balaban J connectivity index is 1.80. The van der Waals surface area contributed by atoms with Gasteiger partial charge in [-0.3, -0.25) is 9.59 Å². The summed E-state index contributed by atoms with van der Waals surface area (Å²) in [5.74, 6) is -0.377. The van der Waals surface area contributed by atoms with Crippen LogP contribution < -0.4 is 10.1 Å². The first-order valence-electron chi connectivity index (χ1n) is 8.14. The summed E-state index contributed by atoms with van der Waals surface area (Å²) in [5, 5.41) is 2.89. The molecule has 6 heteroatoms. The highest BCUT2D eigenvalue weighted by Crippen LogP contribution is 2.46. The zero-order chi connectivity index (χ0) is 17.4. The van der Waals surface area contributed by atoms with E-state index in [1.807, 2.05) is 13.8 Å². The van der Waals surface area contributed by atoms with E-state index in [1.54, 1.807) is 31.4 Å². The molecule has 1 aromatic rings. The summed E-state index contributed by atoms with van der Waals surface area (Å²) in [4.78, 5) is 24.8. The van der Waals surface area contributed by atoms with Crippen LogP contribution in [0.2, 0.25) is 0 Å². The molecule has 24 heavy (non-hydrogen) atoms. The lowest BCUT2D eigenvalue weighted by Crippen LogP contribution is -2.52. The standard InChI is InChI=1S/C18H23NO5/c1-17(2)11-18(7-8-23-17)14(10-15(20)24-18)16(21)19-12-5-4-6-13(9-12)22-3/h4-6,9,14H,7-8,10-11H2,1-3H3,(H,19,21)/t14-,18-/m0/s1. The Bertz CT molecular complexity index is 657. The second-order valence-electron chi connectivity index (χ2n) is 7.05. The van der Waals surface area contributed by atoms with Gasteiger partial charge in [0.25, 0.3) is 0 Å². The highest BCUT2D eigenvalue weighted by Gasteiger charge is 2.56. The van der Waals surface area contributed by atoms with Crippen molar-refractivity contribution in [2.75, 3.05) is 19.0 Å². The number of hydrogen-bond donors (Lipinski definition) is 1. The van der Waals surface area contributed by atoms with E-state index in [1.165, 1.54) is 0 Å². The maximum Gasteiger partial charge on any atom is 0.307 e. The highest BCUT2D eigenvalue weighted by molar-refractivity contribution is 5.97. The van der Waals surface area contributed by atoms with Gasteiger partial charge in [0.05, 0.1) is 31.7 Å². The molecule has 2 saturated heterocycles. The zero-order valence-corrected chi connectivity index (χ0v) is 14.3. The van der Waals surface area contributed by atoms with Gasteiger partial charge >= 0.3 is 5.97 Å². The molecule has 0 radical (unpaired) electrons. The molecular weight excluding hydrogens is 310 g/mol. The van der Waals surface area contributed by atoms with Crippen LogP contribution in [0.1, 0.15) is 33.1 Å². The van der Waals surface area contributed by atoms with E-state index in [9.17, 15) is 9.59 Å². The van der Waals surface area contributed by atoms with Crippen molar-refractivity contribution in [3.05, 3.63) is 24.3 Å². The van der Waals surface area contributed by atoms with Gasteiger partial charge in [-0.2, -0.15) is 0 Å². The van der Waals surface area contributed by atoms with Gasteiger partial charge in [-0.05, 0) is 26.0 Å². The molecule has 130 valence electrons. The number of hydrogen-bond acceptors (Lipinski definition) is 5. The largest absolute Gasteiger partial charge is 0.497 e. The first-order chi connectivity index (χ1) is 11.3. The van der Waals surface area contributed by atoms with Crippen LogP contribution in [0.4, 0.5) is 5.69 Å². The number of ether oxygens (including phenoxy) is 3. The van der Waals surface area contributed by atoms with E-state index < -0.39 is 17.1 Å². The van der Waals surface area contributed by atoms with E-state index in [2.05, 4.69) is 5.32 Å². The smallest absolute Gasteiger partial charge is 0.307 e. The molecule has 1 amide bonds. The number of carbonyl (C=O) groups is 2. The van der Waals surface area contributed by atoms with Crippen LogP contribution in [0.15, 0.2) is 24.3 Å². The summed E-state index contributed by atoms with van der Waals surface area (Å²) < 4.78 is 16.5. The number of carbonyl (C=O) groups excluding carboxylic acids is 2. The molecule has 1 spiro atoms. The Morgan fingerprint density at radius 2 is 2.17 bits per heavy atom. The van der Waals surface area contributed by atoms with E-state index in [0.29, 0.717) is 30.9 Å². The molecule has 2 heterocycles. The van der Waals surface area contributed by atoms with Crippen LogP contribution >= 0.6 is 0 Å². The fraction of sp³-hybridized carbons (Fsp3) is 0.556. The molecule has 6 nitrogen and oxygen atoms in total. The first kappa shape index (κ1) is 16.8. The molecule has 0 bridgehead atoms. The van der Waals surface area contributed by atoms with Crippen molar-refractivity contribution in [3.63, 3.8) is 0 Å². The summed E-state index contributed by atoms with van der Waals surface area (Å²) in [6.45, 7) is 4.39. The van der Waals surface area contributed by atoms with Crippen LogP contribution in [0, 0.1) is 5.92 Å². The van der Waals surface area contributed by atoms with E-state index in [4.69, 9.17) is 14.2 Å². The molecule has 0 aromatic heterocycles. The fourth-order valence-electron chi connectivity index (χ4n) is 3.70. The molecule has 3 rings (SSSR count). The molecule has 2 fully saturated rings. The predicted molar refractivity (Wildman–Crippen MR) is 87.8 cm³/mol. The second kappa shape index (κ2) is 6.09. The predicted octanol–water partition coefficient (Wildman–Crippen LogP) is 2.52. The summed E-state index contributed by atoms with van der Waals surface area (Å²) in [6.07, 6.45) is 1.16. The van der Waals surface area contributed by atoms with Crippen LogP contribution in [0.25, 0.3) is 0 Å². The highest BCUT2D eigenvalue weighted by atomic mass is 16.6. The van der Waals surface area contributed by atoms with Gasteiger partial charge in [-0.15, -0.1) is 0 Å². The molecule has 0 saturated carbocycles. The topological polar surface area (TPSA) is 73.9 Å². The van der Waals surface area contributed by atoms with Crippen LogP contribution in [-0.2, 0) is 19.1 Å². The normalized spacial score (nSPS) is 28.5. The third kappa shape index (κ3) is 3.24. The zero-order valence-electron chi connectivity index (χ0n) is 14.3. The third-order valence-corrected chi connectivity index (χ3v) is 4.72. The number of amides is 1. The fourth-order valence-corrected chi connectivity index (χ4v) is 3.70. The molecule has 1 aromatic carbocycles. The third-order valence-electron chi connectivity index (χ3n) is 4.72. The SMILES string of the molecule is COc1cccc(NC(=O)[C@@H]2CC(=O)O[C@]23CCOC(C)(C)C3)c1. The number of esters is 1. The van der Waals surface area contributed by atoms with Gasteiger partial charge in [0, 0.05) is 24.6 Å². The van der Waals surface area contributed by atoms with E-state index in [-0.39, 0.29) is 18.3 Å². The minimum absolute atomic E-state index is 0.103. The minimum atomic E-state index is -0.776. The van der Waals surface area contributed by atoms with Gasteiger partial charge in [0.2, 0.25) is 5.91 Å². The number of anilines is 1. The average molecular weight is 333 g/mol. The van der Waals surface area contributed by atoms with Crippen LogP contribution in [0.3, 0.4) is 0 Å². The lowest BCUT2D eigenvalue weighted by molar-refractivity contribution is -0.178. The average Bonchev–Trinajstić information content (AvgIpc) is 2.81. The van der Waals surface area contributed by atoms with Crippen molar-refractivity contribution >= 4 is 17.6 Å². The van der Waals surface area contributed by atoms with Gasteiger partial charge in [-0.25, -0.2) is 0 Å². The van der Waals surface area contributed by atoms with E-state index >= 15 is 0 Å². The molecule has 2 atom stereocenters. The van der Waals surface area contributed by atoms with Gasteiger partial charge in [0.15, 0.2) is 0 Å². The Hall–Kier alpha value is -2.08. The van der Waals surface area contributed by atoms with Gasteiger partial charge in [0.1, 0.15) is 11.4 Å². The van der Waals surface area contributed by atoms with Crippen molar-refractivity contribution in [3.8, 4) is 5.75 Å². The number of rotatable bonds is 3.